The molecular weight excluding hydrogens is 250 g/mol. The predicted molar refractivity (Wildman–Crippen MR) is 72.5 cm³/mol. The van der Waals surface area contributed by atoms with E-state index < -0.39 is 0 Å². The van der Waals surface area contributed by atoms with Gasteiger partial charge in [0.15, 0.2) is 0 Å². The Balaban J connectivity index is 2.16. The molecule has 2 rings (SSSR count). The van der Waals surface area contributed by atoms with Gasteiger partial charge < -0.3 is 10.5 Å². The fraction of sp³-hybridized carbons (Fsp3) is 0.769. The fourth-order valence-corrected chi connectivity index (χ4v) is 3.34. The Morgan fingerprint density at radius 2 is 2.11 bits per heavy atom. The van der Waals surface area contributed by atoms with Crippen molar-refractivity contribution in [3.63, 3.8) is 0 Å². The highest BCUT2D eigenvalue weighted by atomic mass is 35.5. The smallest absolute Gasteiger partial charge is 0.0834 e. The van der Waals surface area contributed by atoms with E-state index in [-0.39, 0.29) is 12.1 Å². The van der Waals surface area contributed by atoms with E-state index in [2.05, 4.69) is 5.10 Å². The van der Waals surface area contributed by atoms with E-state index in [1.165, 1.54) is 32.1 Å². The number of hydrogen-bond donors (Lipinski definition) is 1. The molecule has 2 atom stereocenters. The number of aryl methyl sites for hydroxylation is 1. The number of ether oxygens (including phenoxy) is 1. The van der Waals surface area contributed by atoms with Crippen LogP contribution >= 0.6 is 11.6 Å². The molecule has 1 aromatic rings. The summed E-state index contributed by atoms with van der Waals surface area (Å²) in [7, 11) is 3.61. The van der Waals surface area contributed by atoms with Gasteiger partial charge in [0.2, 0.25) is 0 Å². The summed E-state index contributed by atoms with van der Waals surface area (Å²) in [6.45, 7) is 0. The van der Waals surface area contributed by atoms with Crippen LogP contribution in [0.25, 0.3) is 0 Å². The minimum atomic E-state index is -0.210. The van der Waals surface area contributed by atoms with E-state index in [1.54, 1.807) is 18.0 Å². The Morgan fingerprint density at radius 3 is 2.61 bits per heavy atom. The summed E-state index contributed by atoms with van der Waals surface area (Å²) in [5, 5.41) is 4.78. The highest BCUT2D eigenvalue weighted by Gasteiger charge is 2.32. The van der Waals surface area contributed by atoms with E-state index in [9.17, 15) is 0 Å². The van der Waals surface area contributed by atoms with Crippen LogP contribution < -0.4 is 5.73 Å². The van der Waals surface area contributed by atoms with Crippen LogP contribution in [-0.2, 0) is 11.8 Å². The molecule has 0 aliphatic heterocycles. The molecule has 4 nitrogen and oxygen atoms in total. The van der Waals surface area contributed by atoms with Crippen LogP contribution in [0.1, 0.15) is 43.8 Å². The molecule has 1 fully saturated rings. The van der Waals surface area contributed by atoms with E-state index in [4.69, 9.17) is 22.1 Å². The number of aromatic nitrogens is 2. The predicted octanol–water partition coefficient (Wildman–Crippen LogP) is 2.67. The van der Waals surface area contributed by atoms with Crippen molar-refractivity contribution >= 4 is 11.6 Å². The summed E-state index contributed by atoms with van der Waals surface area (Å²) in [6.07, 6.45) is 7.94. The van der Waals surface area contributed by atoms with Gasteiger partial charge >= 0.3 is 0 Å². The van der Waals surface area contributed by atoms with Gasteiger partial charge in [-0.1, -0.05) is 30.9 Å². The third-order valence-electron chi connectivity index (χ3n) is 3.99. The standard InChI is InChI=1S/C13H22ClN3O/c1-17-12(10(14)8-16-17)11(15)13(18-2)9-6-4-3-5-7-9/h8-9,11,13H,3-7,15H2,1-2H3. The second-order valence-corrected chi connectivity index (χ2v) is 5.53. The first-order valence-corrected chi connectivity index (χ1v) is 6.98. The van der Waals surface area contributed by atoms with Gasteiger partial charge in [-0.25, -0.2) is 0 Å². The first kappa shape index (κ1) is 13.8. The van der Waals surface area contributed by atoms with E-state index in [0.717, 1.165) is 5.69 Å². The molecule has 5 heteroatoms. The SMILES string of the molecule is COC(C1CCCCC1)C(N)c1c(Cl)cnn1C. The van der Waals surface area contributed by atoms with Gasteiger partial charge in [0.05, 0.1) is 29.1 Å². The van der Waals surface area contributed by atoms with Gasteiger partial charge in [0, 0.05) is 14.2 Å². The molecule has 1 aliphatic carbocycles. The first-order valence-electron chi connectivity index (χ1n) is 6.61. The Hall–Kier alpha value is -0.580. The molecular formula is C13H22ClN3O. The van der Waals surface area contributed by atoms with Crippen LogP contribution in [0.4, 0.5) is 0 Å². The van der Waals surface area contributed by atoms with Crippen LogP contribution in [0.5, 0.6) is 0 Å². The molecule has 0 saturated heterocycles. The summed E-state index contributed by atoms with van der Waals surface area (Å²) in [5.74, 6) is 0.532. The minimum Gasteiger partial charge on any atom is -0.379 e. The van der Waals surface area contributed by atoms with Crippen molar-refractivity contribution in [1.29, 1.82) is 0 Å². The maximum absolute atomic E-state index is 6.36. The van der Waals surface area contributed by atoms with E-state index >= 15 is 0 Å². The second kappa shape index (κ2) is 6.04. The van der Waals surface area contributed by atoms with Gasteiger partial charge in [-0.05, 0) is 18.8 Å². The second-order valence-electron chi connectivity index (χ2n) is 5.13. The topological polar surface area (TPSA) is 53.1 Å². The number of hydrogen-bond acceptors (Lipinski definition) is 3. The van der Waals surface area contributed by atoms with Gasteiger partial charge in [0.25, 0.3) is 0 Å². The van der Waals surface area contributed by atoms with Crippen LogP contribution in [-0.4, -0.2) is 23.0 Å². The van der Waals surface area contributed by atoms with Crippen molar-refractivity contribution in [2.24, 2.45) is 18.7 Å². The molecule has 102 valence electrons. The molecule has 1 aliphatic rings. The molecule has 1 heterocycles. The lowest BCUT2D eigenvalue weighted by Crippen LogP contribution is -2.37. The zero-order valence-corrected chi connectivity index (χ0v) is 11.9. The lowest BCUT2D eigenvalue weighted by molar-refractivity contribution is 0.0155. The van der Waals surface area contributed by atoms with E-state index in [1.807, 2.05) is 7.05 Å². The summed E-state index contributed by atoms with van der Waals surface area (Å²) in [5.41, 5.74) is 7.23. The number of nitrogens with zero attached hydrogens (tertiary/aromatic N) is 2. The molecule has 0 aromatic carbocycles. The van der Waals surface area contributed by atoms with Crippen LogP contribution in [0.3, 0.4) is 0 Å². The van der Waals surface area contributed by atoms with Crippen molar-refractivity contribution in [2.45, 2.75) is 44.2 Å². The number of methoxy groups -OCH3 is 1. The molecule has 0 amide bonds. The van der Waals surface area contributed by atoms with Crippen molar-refractivity contribution in [1.82, 2.24) is 9.78 Å². The third-order valence-corrected chi connectivity index (χ3v) is 4.29. The third kappa shape index (κ3) is 2.71. The van der Waals surface area contributed by atoms with Crippen LogP contribution in [0.15, 0.2) is 6.20 Å². The number of rotatable bonds is 4. The van der Waals surface area contributed by atoms with Crippen molar-refractivity contribution in [2.75, 3.05) is 7.11 Å². The van der Waals surface area contributed by atoms with Crippen LogP contribution in [0.2, 0.25) is 5.02 Å². The quantitative estimate of drug-likeness (QED) is 0.916. The Labute approximate surface area is 113 Å². The highest BCUT2D eigenvalue weighted by molar-refractivity contribution is 6.31. The van der Waals surface area contributed by atoms with Crippen molar-refractivity contribution < 1.29 is 4.74 Å². The maximum atomic E-state index is 6.36. The van der Waals surface area contributed by atoms with Crippen molar-refractivity contribution in [3.8, 4) is 0 Å². The average molecular weight is 272 g/mol. The summed E-state index contributed by atoms with van der Waals surface area (Å²) >= 11 is 6.16. The zero-order valence-electron chi connectivity index (χ0n) is 11.1. The Bertz CT molecular complexity index is 368. The largest absolute Gasteiger partial charge is 0.379 e. The average Bonchev–Trinajstić information content (AvgIpc) is 2.71. The summed E-state index contributed by atoms with van der Waals surface area (Å²) in [6, 6.07) is -0.210. The van der Waals surface area contributed by atoms with Gasteiger partial charge in [-0.2, -0.15) is 5.10 Å². The summed E-state index contributed by atoms with van der Waals surface area (Å²) in [4.78, 5) is 0. The van der Waals surface area contributed by atoms with Gasteiger partial charge in [0.1, 0.15) is 0 Å². The highest BCUT2D eigenvalue weighted by Crippen LogP contribution is 2.34. The lowest BCUT2D eigenvalue weighted by Gasteiger charge is -2.33. The molecule has 1 saturated carbocycles. The molecule has 1 aromatic heterocycles. The monoisotopic (exact) mass is 271 g/mol. The molecule has 2 N–H and O–H groups in total. The molecule has 18 heavy (non-hydrogen) atoms. The molecule has 2 unspecified atom stereocenters. The minimum absolute atomic E-state index is 0.0261. The normalized spacial score (nSPS) is 20.9. The molecule has 0 bridgehead atoms. The molecule has 0 spiro atoms. The zero-order chi connectivity index (χ0) is 13.1. The van der Waals surface area contributed by atoms with Gasteiger partial charge in [-0.3, -0.25) is 4.68 Å². The molecule has 0 radical (unpaired) electrons. The Morgan fingerprint density at radius 1 is 1.44 bits per heavy atom. The number of nitrogens with two attached hydrogens (primary N) is 1. The fourth-order valence-electron chi connectivity index (χ4n) is 3.05. The van der Waals surface area contributed by atoms with E-state index in [0.29, 0.717) is 10.9 Å². The maximum Gasteiger partial charge on any atom is 0.0834 e. The Kier molecular flexibility index (Phi) is 4.65. The first-order chi connectivity index (χ1) is 8.65. The van der Waals surface area contributed by atoms with Crippen molar-refractivity contribution in [3.05, 3.63) is 16.9 Å². The van der Waals surface area contributed by atoms with Gasteiger partial charge in [-0.15, -0.1) is 0 Å². The number of halogens is 1. The lowest BCUT2D eigenvalue weighted by atomic mass is 9.82. The summed E-state index contributed by atoms with van der Waals surface area (Å²) < 4.78 is 7.41. The van der Waals surface area contributed by atoms with Crippen LogP contribution in [0, 0.1) is 5.92 Å².